The first kappa shape index (κ1) is 46.1. The van der Waals surface area contributed by atoms with Crippen LogP contribution in [0.1, 0.15) is 74.6 Å². The molecule has 3 aliphatic rings. The molecule has 3 N–H and O–H groups in total. The number of nitrogens with zero attached hydrogens (tertiary/aromatic N) is 5. The van der Waals surface area contributed by atoms with Gasteiger partial charge < -0.3 is 58.1 Å². The number of Topliss-reactive ketones (excluding diaryl/α,β-unsaturated/α-hetero) is 1. The number of allylic oxidation sites excluding steroid dienone is 2. The lowest BCUT2D eigenvalue weighted by Crippen LogP contribution is -2.44. The molecule has 0 radical (unpaired) electrons. The van der Waals surface area contributed by atoms with Gasteiger partial charge in [-0.25, -0.2) is 19.4 Å². The summed E-state index contributed by atoms with van der Waals surface area (Å²) in [5.74, 6) is -2.41. The number of carbonyl (C=O) groups excluding carboxylic acids is 6. The number of likely N-dealkylation sites (N-methyl/N-ethyl adjacent to an activating group) is 2. The zero-order chi connectivity index (χ0) is 46.9. The summed E-state index contributed by atoms with van der Waals surface area (Å²) < 4.78 is 29.8. The van der Waals surface area contributed by atoms with Gasteiger partial charge in [0.1, 0.15) is 31.2 Å². The van der Waals surface area contributed by atoms with Crippen molar-refractivity contribution in [2.75, 3.05) is 60.7 Å². The van der Waals surface area contributed by atoms with Crippen LogP contribution in [0.25, 0.3) is 22.3 Å². The van der Waals surface area contributed by atoms with E-state index in [1.807, 2.05) is 6.92 Å². The van der Waals surface area contributed by atoms with Gasteiger partial charge in [-0.15, -0.1) is 0 Å². The summed E-state index contributed by atoms with van der Waals surface area (Å²) in [4.78, 5) is 99.7. The SMILES string of the molecule is CCc1c2c(nc3ccc(OC(=O)N(C)CCN(C)C(=O)OCc4c5c(n(CC(=O)NCCOCCO)c4C)C(=O)C=C(OC)C5=O)cc13)-c1cc3c(c(=O)n1C2)COC(=O)C3(O)CC. The largest absolute Gasteiger partial charge is 0.492 e. The van der Waals surface area contributed by atoms with Crippen molar-refractivity contribution < 1.29 is 62.7 Å². The molecule has 0 saturated heterocycles. The van der Waals surface area contributed by atoms with Crippen molar-refractivity contribution in [1.82, 2.24) is 29.2 Å². The number of benzene rings is 1. The van der Waals surface area contributed by atoms with Crippen LogP contribution in [0.15, 0.2) is 40.9 Å². The van der Waals surface area contributed by atoms with E-state index in [1.54, 1.807) is 42.7 Å². The first-order chi connectivity index (χ1) is 31.1. The number of hydrogen-bond donors (Lipinski definition) is 3. The Morgan fingerprint density at radius 2 is 1.74 bits per heavy atom. The molecule has 1 aliphatic carbocycles. The number of aliphatic hydroxyl groups excluding tert-OH is 1. The van der Waals surface area contributed by atoms with Gasteiger partial charge in [-0.05, 0) is 49.6 Å². The van der Waals surface area contributed by atoms with E-state index in [2.05, 4.69) is 5.32 Å². The highest BCUT2D eigenvalue weighted by molar-refractivity contribution is 6.24. The molecule has 7 rings (SSSR count). The Balaban J connectivity index is 1.00. The molecule has 2 aliphatic heterocycles. The molecule has 0 spiro atoms. The average molecular weight is 899 g/mol. The second-order valence-electron chi connectivity index (χ2n) is 15.8. The molecule has 0 fully saturated rings. The second-order valence-corrected chi connectivity index (χ2v) is 15.8. The van der Waals surface area contributed by atoms with Crippen LogP contribution in [-0.2, 0) is 66.9 Å². The number of ether oxygens (including phenoxy) is 5. The van der Waals surface area contributed by atoms with Gasteiger partial charge in [-0.1, -0.05) is 13.8 Å². The summed E-state index contributed by atoms with van der Waals surface area (Å²) in [7, 11) is 4.21. The fraction of sp³-hybridized carbons (Fsp3) is 0.422. The number of hydrogen-bond acceptors (Lipinski definition) is 15. The molecule has 20 nitrogen and oxygen atoms in total. The molecule has 65 heavy (non-hydrogen) atoms. The van der Waals surface area contributed by atoms with Gasteiger partial charge >= 0.3 is 18.2 Å². The van der Waals surface area contributed by atoms with Crippen molar-refractivity contribution in [3.63, 3.8) is 0 Å². The number of carbonyl (C=O) groups is 6. The van der Waals surface area contributed by atoms with Crippen LogP contribution in [0.5, 0.6) is 5.75 Å². The summed E-state index contributed by atoms with van der Waals surface area (Å²) >= 11 is 0. The Hall–Kier alpha value is -6.90. The van der Waals surface area contributed by atoms with E-state index in [1.165, 1.54) is 35.6 Å². The van der Waals surface area contributed by atoms with Crippen molar-refractivity contribution >= 4 is 46.5 Å². The van der Waals surface area contributed by atoms with E-state index in [-0.39, 0.29) is 111 Å². The number of aromatic nitrogens is 3. The molecule has 0 saturated carbocycles. The maximum Gasteiger partial charge on any atom is 0.415 e. The molecule has 4 aromatic rings. The van der Waals surface area contributed by atoms with Crippen LogP contribution in [0.2, 0.25) is 0 Å². The number of cyclic esters (lactones) is 1. The first-order valence-electron chi connectivity index (χ1n) is 21.0. The number of esters is 1. The van der Waals surface area contributed by atoms with Gasteiger partial charge in [0.15, 0.2) is 11.4 Å². The third-order valence-corrected chi connectivity index (χ3v) is 12.0. The van der Waals surface area contributed by atoms with Crippen molar-refractivity contribution in [2.45, 2.75) is 65.5 Å². The highest BCUT2D eigenvalue weighted by atomic mass is 16.6. The lowest BCUT2D eigenvalue weighted by atomic mass is 9.86. The number of fused-ring (bicyclic) bond motifs is 6. The van der Waals surface area contributed by atoms with Crippen molar-refractivity contribution in [3.8, 4) is 17.1 Å². The quantitative estimate of drug-likeness (QED) is 0.0951. The van der Waals surface area contributed by atoms with Crippen LogP contribution in [0.3, 0.4) is 0 Å². The molecule has 0 bridgehead atoms. The summed E-state index contributed by atoms with van der Waals surface area (Å²) in [5, 5.41) is 23.5. The minimum atomic E-state index is -1.95. The average Bonchev–Trinajstić information content (AvgIpc) is 3.80. The van der Waals surface area contributed by atoms with E-state index in [0.717, 1.165) is 17.2 Å². The number of aliphatic hydroxyl groups is 2. The van der Waals surface area contributed by atoms with Gasteiger partial charge in [0, 0.05) is 67.6 Å². The third kappa shape index (κ3) is 8.47. The Labute approximate surface area is 372 Å². The van der Waals surface area contributed by atoms with Gasteiger partial charge in [0.2, 0.25) is 17.5 Å². The molecular formula is C45H50N6O14. The van der Waals surface area contributed by atoms with E-state index >= 15 is 0 Å². The molecule has 20 heteroatoms. The normalized spacial score (nSPS) is 15.9. The van der Waals surface area contributed by atoms with Crippen molar-refractivity contribution in [1.29, 1.82) is 0 Å². The van der Waals surface area contributed by atoms with Gasteiger partial charge in [0.05, 0.1) is 61.5 Å². The Bertz CT molecular complexity index is 2740. The maximum absolute atomic E-state index is 13.7. The first-order valence-corrected chi connectivity index (χ1v) is 21.0. The Morgan fingerprint density at radius 3 is 2.43 bits per heavy atom. The van der Waals surface area contributed by atoms with Gasteiger partial charge in [-0.2, -0.15) is 0 Å². The number of pyridine rings is 2. The van der Waals surface area contributed by atoms with Crippen LogP contribution < -0.4 is 15.6 Å². The van der Waals surface area contributed by atoms with Gasteiger partial charge in [-0.3, -0.25) is 19.2 Å². The number of ketones is 2. The van der Waals surface area contributed by atoms with Crippen LogP contribution >= 0.6 is 0 Å². The topological polar surface area (TPSA) is 247 Å². The highest BCUT2D eigenvalue weighted by Crippen LogP contribution is 2.41. The number of rotatable bonds is 16. The summed E-state index contributed by atoms with van der Waals surface area (Å²) in [6, 6.07) is 6.66. The standard InChI is InChI=1S/C45H50N6O14/c1-7-26-27-17-25(9-10-32(27)47-38-28(26)20-51-33(38)18-31-30(41(51)56)23-63-42(57)45(31,60)8-2)65-44(59)49(5)13-12-48(4)43(58)64-22-29-24(3)50(21-36(54)46-11-15-62-16-14-52)39-34(53)19-35(61-6)40(55)37(29)39/h9-10,17-19,52,60H,7-8,11-16,20-23H2,1-6H3,(H,46,54). The fourth-order valence-electron chi connectivity index (χ4n) is 8.33. The third-order valence-electron chi connectivity index (χ3n) is 12.0. The summed E-state index contributed by atoms with van der Waals surface area (Å²) in [5.41, 5.74) is 1.94. The van der Waals surface area contributed by atoms with Crippen molar-refractivity contribution in [2.24, 2.45) is 0 Å². The molecule has 344 valence electrons. The van der Waals surface area contributed by atoms with Crippen LogP contribution in [0, 0.1) is 6.92 Å². The molecule has 3 aromatic heterocycles. The zero-order valence-electron chi connectivity index (χ0n) is 36.9. The Kier molecular flexibility index (Phi) is 13.2. The fourth-order valence-corrected chi connectivity index (χ4v) is 8.33. The lowest BCUT2D eigenvalue weighted by molar-refractivity contribution is -0.172. The Morgan fingerprint density at radius 1 is 1.00 bits per heavy atom. The van der Waals surface area contributed by atoms with Crippen molar-refractivity contribution in [3.05, 3.63) is 91.2 Å². The second kappa shape index (κ2) is 18.7. The monoisotopic (exact) mass is 898 g/mol. The highest BCUT2D eigenvalue weighted by Gasteiger charge is 2.45. The number of methoxy groups -OCH3 is 1. The zero-order valence-corrected chi connectivity index (χ0v) is 36.9. The molecule has 5 heterocycles. The molecule has 3 amide bonds. The van der Waals surface area contributed by atoms with Crippen LogP contribution in [-0.4, -0.2) is 130 Å². The van der Waals surface area contributed by atoms with E-state index in [0.29, 0.717) is 34.4 Å². The number of nitrogens with one attached hydrogen (secondary N) is 1. The van der Waals surface area contributed by atoms with E-state index in [9.17, 15) is 38.7 Å². The number of amides is 3. The predicted octanol–water partition coefficient (Wildman–Crippen LogP) is 2.49. The summed E-state index contributed by atoms with van der Waals surface area (Å²) in [6.07, 6.45) is 0.122. The minimum absolute atomic E-state index is 0.0196. The van der Waals surface area contributed by atoms with E-state index in [4.69, 9.17) is 33.8 Å². The smallest absolute Gasteiger partial charge is 0.415 e. The number of aryl methyl sites for hydroxylation is 1. The molecule has 1 atom stereocenters. The lowest BCUT2D eigenvalue weighted by Gasteiger charge is -2.31. The molecular weight excluding hydrogens is 849 g/mol. The molecule has 1 unspecified atom stereocenters. The van der Waals surface area contributed by atoms with Gasteiger partial charge in [0.25, 0.3) is 5.56 Å². The van der Waals surface area contributed by atoms with E-state index < -0.39 is 47.8 Å². The predicted molar refractivity (Wildman–Crippen MR) is 229 cm³/mol. The molecule has 1 aromatic carbocycles. The summed E-state index contributed by atoms with van der Waals surface area (Å²) in [6.45, 7) is 4.75. The minimum Gasteiger partial charge on any atom is -0.492 e. The maximum atomic E-state index is 13.7. The van der Waals surface area contributed by atoms with Crippen LogP contribution in [0.4, 0.5) is 9.59 Å².